The molecule has 0 aliphatic carbocycles. The number of thioether (sulfide) groups is 1. The van der Waals surface area contributed by atoms with E-state index in [1.54, 1.807) is 0 Å². The van der Waals surface area contributed by atoms with Crippen LogP contribution >= 0.6 is 43.6 Å². The van der Waals surface area contributed by atoms with Crippen molar-refractivity contribution in [3.05, 3.63) is 66.0 Å². The van der Waals surface area contributed by atoms with E-state index in [2.05, 4.69) is 42.3 Å². The Morgan fingerprint density at radius 2 is 1.88 bits per heavy atom. The number of carbonyl (C=O) groups is 2. The summed E-state index contributed by atoms with van der Waals surface area (Å²) in [5, 5.41) is 8.99. The van der Waals surface area contributed by atoms with Crippen LogP contribution in [-0.2, 0) is 4.79 Å². The molecular formula is C16H12Br2N4O2S. The van der Waals surface area contributed by atoms with Gasteiger partial charge in [-0.15, -0.1) is 0 Å². The number of amides is 2. The minimum absolute atomic E-state index is 0.0651. The van der Waals surface area contributed by atoms with Crippen LogP contribution in [-0.4, -0.2) is 30.6 Å². The predicted molar refractivity (Wildman–Crippen MR) is 104 cm³/mol. The van der Waals surface area contributed by atoms with Gasteiger partial charge in [-0.1, -0.05) is 74.0 Å². The third-order valence-corrected chi connectivity index (χ3v) is 8.02. The summed E-state index contributed by atoms with van der Waals surface area (Å²) in [7, 11) is 0. The largest absolute Gasteiger partial charge is 0.277 e. The van der Waals surface area contributed by atoms with Gasteiger partial charge in [-0.2, -0.15) is 5.01 Å². The van der Waals surface area contributed by atoms with E-state index >= 15 is 0 Å². The number of rotatable bonds is 4. The standard InChI is InChI=1S/C16H12Br2N4O2S/c17-12(10-4-2-1-3-5-10)16(18)14(24)22(15(19)25-16)21-13(23)11-6-8-20-9-7-11/h1-9,12,19H,(H,21,23). The first-order chi connectivity index (χ1) is 11.9. The molecular weight excluding hydrogens is 472 g/mol. The summed E-state index contributed by atoms with van der Waals surface area (Å²) in [6, 6.07) is 12.5. The van der Waals surface area contributed by atoms with Crippen molar-refractivity contribution < 1.29 is 9.59 Å². The van der Waals surface area contributed by atoms with Gasteiger partial charge in [-0.25, -0.2) is 0 Å². The van der Waals surface area contributed by atoms with Crippen LogP contribution in [0.15, 0.2) is 54.9 Å². The normalized spacial score (nSPS) is 21.3. The van der Waals surface area contributed by atoms with Crippen LogP contribution in [0.2, 0.25) is 0 Å². The van der Waals surface area contributed by atoms with Gasteiger partial charge in [0.05, 0.1) is 4.83 Å². The molecule has 1 fully saturated rings. The zero-order chi connectivity index (χ0) is 18.0. The van der Waals surface area contributed by atoms with Crippen molar-refractivity contribution >= 4 is 60.6 Å². The van der Waals surface area contributed by atoms with Gasteiger partial charge in [-0.05, 0) is 17.7 Å². The number of nitrogens with zero attached hydrogens (tertiary/aromatic N) is 2. The molecule has 2 unspecified atom stereocenters. The Morgan fingerprint density at radius 1 is 1.24 bits per heavy atom. The van der Waals surface area contributed by atoms with Gasteiger partial charge >= 0.3 is 0 Å². The molecule has 1 aromatic heterocycles. The third-order valence-electron chi connectivity index (χ3n) is 3.52. The highest BCUT2D eigenvalue weighted by Gasteiger charge is 2.55. The number of aromatic nitrogens is 1. The smallest absolute Gasteiger partial charge is 0.276 e. The summed E-state index contributed by atoms with van der Waals surface area (Å²) in [4.78, 5) is 28.6. The van der Waals surface area contributed by atoms with Crippen LogP contribution in [0.25, 0.3) is 0 Å². The van der Waals surface area contributed by atoms with Gasteiger partial charge in [0.25, 0.3) is 11.8 Å². The predicted octanol–water partition coefficient (Wildman–Crippen LogP) is 3.46. The lowest BCUT2D eigenvalue weighted by atomic mass is 10.1. The third kappa shape index (κ3) is 3.49. The van der Waals surface area contributed by atoms with Crippen molar-refractivity contribution in [1.82, 2.24) is 15.4 Å². The van der Waals surface area contributed by atoms with Crippen LogP contribution in [0, 0.1) is 5.41 Å². The van der Waals surface area contributed by atoms with Crippen LogP contribution in [0.5, 0.6) is 0 Å². The number of halogens is 2. The first-order valence-electron chi connectivity index (χ1n) is 7.14. The van der Waals surface area contributed by atoms with Crippen LogP contribution in [0.3, 0.4) is 0 Å². The molecule has 2 amide bonds. The van der Waals surface area contributed by atoms with E-state index in [4.69, 9.17) is 5.41 Å². The maximum atomic E-state index is 12.9. The molecule has 1 aliphatic rings. The van der Waals surface area contributed by atoms with Gasteiger partial charge < -0.3 is 0 Å². The highest BCUT2D eigenvalue weighted by molar-refractivity contribution is 9.14. The maximum Gasteiger partial charge on any atom is 0.276 e. The van der Waals surface area contributed by atoms with E-state index in [-0.39, 0.29) is 9.99 Å². The highest BCUT2D eigenvalue weighted by Crippen LogP contribution is 2.53. The van der Waals surface area contributed by atoms with Gasteiger partial charge in [0.15, 0.2) is 8.82 Å². The van der Waals surface area contributed by atoms with Gasteiger partial charge in [0.2, 0.25) is 0 Å². The van der Waals surface area contributed by atoms with Crippen molar-refractivity contribution in [3.8, 4) is 0 Å². The van der Waals surface area contributed by atoms with Crippen molar-refractivity contribution in [2.75, 3.05) is 0 Å². The summed E-state index contributed by atoms with van der Waals surface area (Å²) in [5.41, 5.74) is 3.71. The highest BCUT2D eigenvalue weighted by atomic mass is 79.9. The summed E-state index contributed by atoms with van der Waals surface area (Å²) in [6.07, 6.45) is 2.97. The molecule has 0 radical (unpaired) electrons. The molecule has 1 aliphatic heterocycles. The van der Waals surface area contributed by atoms with Gasteiger partial charge in [-0.3, -0.25) is 25.4 Å². The molecule has 25 heavy (non-hydrogen) atoms. The number of nitrogens with one attached hydrogen (secondary N) is 2. The lowest BCUT2D eigenvalue weighted by Gasteiger charge is -2.25. The van der Waals surface area contributed by atoms with Crippen molar-refractivity contribution in [1.29, 1.82) is 5.41 Å². The number of hydrogen-bond acceptors (Lipinski definition) is 5. The second-order valence-corrected chi connectivity index (χ2v) is 9.07. The molecule has 2 heterocycles. The lowest BCUT2D eigenvalue weighted by molar-refractivity contribution is -0.128. The first kappa shape index (κ1) is 18.1. The number of hydrazine groups is 1. The Balaban J connectivity index is 1.81. The van der Waals surface area contributed by atoms with Crippen LogP contribution in [0.1, 0.15) is 20.7 Å². The Morgan fingerprint density at radius 3 is 2.52 bits per heavy atom. The fourth-order valence-corrected chi connectivity index (χ4v) is 4.84. The number of hydrogen-bond donors (Lipinski definition) is 2. The topological polar surface area (TPSA) is 86.2 Å². The van der Waals surface area contributed by atoms with Gasteiger partial charge in [0.1, 0.15) is 0 Å². The second-order valence-electron chi connectivity index (χ2n) is 5.14. The molecule has 2 aromatic rings. The Labute approximate surface area is 165 Å². The number of alkyl halides is 2. The fraction of sp³-hybridized carbons (Fsp3) is 0.125. The average molecular weight is 484 g/mol. The Kier molecular flexibility index (Phi) is 5.26. The first-order valence-corrected chi connectivity index (χ1v) is 9.67. The summed E-state index contributed by atoms with van der Waals surface area (Å²) < 4.78 is -1.13. The summed E-state index contributed by atoms with van der Waals surface area (Å²) >= 11 is 8.03. The fourth-order valence-electron chi connectivity index (χ4n) is 2.24. The average Bonchev–Trinajstić information content (AvgIpc) is 2.86. The molecule has 9 heteroatoms. The second kappa shape index (κ2) is 7.27. The molecule has 128 valence electrons. The molecule has 2 atom stereocenters. The quantitative estimate of drug-likeness (QED) is 0.652. The lowest BCUT2D eigenvalue weighted by Crippen LogP contribution is -2.48. The number of carbonyl (C=O) groups excluding carboxylic acids is 2. The van der Waals surface area contributed by atoms with E-state index in [0.717, 1.165) is 22.3 Å². The van der Waals surface area contributed by atoms with Crippen LogP contribution in [0.4, 0.5) is 0 Å². The van der Waals surface area contributed by atoms with E-state index in [9.17, 15) is 9.59 Å². The van der Waals surface area contributed by atoms with E-state index in [0.29, 0.717) is 5.56 Å². The zero-order valence-corrected chi connectivity index (χ0v) is 16.6. The summed E-state index contributed by atoms with van der Waals surface area (Å²) in [6.45, 7) is 0. The van der Waals surface area contributed by atoms with Crippen molar-refractivity contribution in [2.24, 2.45) is 0 Å². The van der Waals surface area contributed by atoms with E-state index in [1.165, 1.54) is 24.5 Å². The molecule has 0 saturated carbocycles. The Bertz CT molecular complexity index is 821. The molecule has 2 N–H and O–H groups in total. The number of amidine groups is 1. The molecule has 1 saturated heterocycles. The van der Waals surface area contributed by atoms with Crippen LogP contribution < -0.4 is 5.43 Å². The number of pyridine rings is 1. The summed E-state index contributed by atoms with van der Waals surface area (Å²) in [5.74, 6) is -0.917. The monoisotopic (exact) mass is 482 g/mol. The van der Waals surface area contributed by atoms with Gasteiger partial charge in [0, 0.05) is 18.0 Å². The van der Waals surface area contributed by atoms with E-state index < -0.39 is 15.5 Å². The minimum atomic E-state index is -1.13. The molecule has 1 aromatic carbocycles. The molecule has 6 nitrogen and oxygen atoms in total. The molecule has 3 rings (SSSR count). The molecule has 0 spiro atoms. The van der Waals surface area contributed by atoms with Crippen molar-refractivity contribution in [2.45, 2.75) is 8.48 Å². The van der Waals surface area contributed by atoms with E-state index in [1.807, 2.05) is 30.3 Å². The number of benzene rings is 1. The SMILES string of the molecule is N=C1SC(Br)(C(Br)c2ccccc2)C(=O)N1NC(=O)c1ccncc1. The zero-order valence-electron chi connectivity index (χ0n) is 12.6. The van der Waals surface area contributed by atoms with Crippen molar-refractivity contribution in [3.63, 3.8) is 0 Å². The molecule has 0 bridgehead atoms. The minimum Gasteiger partial charge on any atom is -0.277 e. The Hall–Kier alpha value is -1.71. The maximum absolute atomic E-state index is 12.9.